The third kappa shape index (κ3) is 7.30. The van der Waals surface area contributed by atoms with E-state index in [0.29, 0.717) is 31.0 Å². The van der Waals surface area contributed by atoms with Gasteiger partial charge in [-0.2, -0.15) is 18.2 Å². The maximum Gasteiger partial charge on any atom is 0.416 e. The Morgan fingerprint density at radius 1 is 1.20 bits per heavy atom. The molecular formula is C24H24ClF3N6O. The Labute approximate surface area is 206 Å². The molecule has 2 aromatic heterocycles. The molecule has 0 saturated carbocycles. The molecule has 7 nitrogen and oxygen atoms in total. The number of nitrogens with one attached hydrogen (secondary N) is 1. The molecule has 0 spiro atoms. The molecule has 1 N–H and O–H groups in total. The maximum atomic E-state index is 12.9. The summed E-state index contributed by atoms with van der Waals surface area (Å²) in [7, 11) is 0. The second kappa shape index (κ2) is 11.9. The number of halogens is 4. The van der Waals surface area contributed by atoms with E-state index in [0.717, 1.165) is 47.6 Å². The van der Waals surface area contributed by atoms with Gasteiger partial charge in [0, 0.05) is 44.2 Å². The minimum atomic E-state index is -4.41. The Kier molecular flexibility index (Phi) is 8.89. The van der Waals surface area contributed by atoms with Crippen molar-refractivity contribution in [3.63, 3.8) is 0 Å². The fraction of sp³-hybridized carbons (Fsp3) is 0.292. The number of carbonyl (C=O) groups excluding carboxylic acids is 1. The number of nitrogens with zero attached hydrogens (tertiary/aromatic N) is 5. The van der Waals surface area contributed by atoms with Gasteiger partial charge in [-0.15, -0.1) is 0 Å². The van der Waals surface area contributed by atoms with Crippen molar-refractivity contribution in [2.24, 2.45) is 4.99 Å². The molecule has 4 rings (SSSR count). The second-order valence-corrected chi connectivity index (χ2v) is 8.00. The first-order chi connectivity index (χ1) is 16.7. The number of fused-ring (bicyclic) bond motifs is 1. The van der Waals surface area contributed by atoms with Crippen LogP contribution in [0.2, 0.25) is 5.28 Å². The average Bonchev–Trinajstić information content (AvgIpc) is 3.21. The van der Waals surface area contributed by atoms with Crippen LogP contribution in [0.4, 0.5) is 24.8 Å². The summed E-state index contributed by atoms with van der Waals surface area (Å²) in [6.07, 6.45) is -0.554. The summed E-state index contributed by atoms with van der Waals surface area (Å²) < 4.78 is 38.8. The fourth-order valence-electron chi connectivity index (χ4n) is 3.47. The molecule has 3 aromatic rings. The van der Waals surface area contributed by atoms with Crippen molar-refractivity contribution in [1.82, 2.24) is 19.9 Å². The van der Waals surface area contributed by atoms with Crippen molar-refractivity contribution in [3.05, 3.63) is 75.8 Å². The average molecular weight is 505 g/mol. The smallest absolute Gasteiger partial charge is 0.369 e. The highest BCUT2D eigenvalue weighted by atomic mass is 35.5. The molecule has 1 aliphatic rings. The van der Waals surface area contributed by atoms with E-state index >= 15 is 0 Å². The molecule has 35 heavy (non-hydrogen) atoms. The highest BCUT2D eigenvalue weighted by Crippen LogP contribution is 2.31. The molecule has 0 unspecified atom stereocenters. The lowest BCUT2D eigenvalue weighted by Crippen LogP contribution is -2.24. The van der Waals surface area contributed by atoms with Crippen molar-refractivity contribution >= 4 is 35.7 Å². The van der Waals surface area contributed by atoms with E-state index < -0.39 is 11.7 Å². The number of anilines is 1. The molecule has 1 aliphatic heterocycles. The molecule has 184 valence electrons. The molecule has 0 fully saturated rings. The number of benzene rings is 1. The van der Waals surface area contributed by atoms with Crippen LogP contribution in [0.1, 0.15) is 34.9 Å². The predicted octanol–water partition coefficient (Wildman–Crippen LogP) is 5.24. The molecule has 0 atom stereocenters. The molecular weight excluding hydrogens is 481 g/mol. The molecule has 3 heterocycles. The summed E-state index contributed by atoms with van der Waals surface area (Å²) in [4.78, 5) is 28.1. The monoisotopic (exact) mass is 504 g/mol. The number of aliphatic imine (C=N–C) groups is 1. The van der Waals surface area contributed by atoms with Crippen molar-refractivity contribution < 1.29 is 18.0 Å². The van der Waals surface area contributed by atoms with Crippen LogP contribution < -0.4 is 5.32 Å². The first-order valence-electron chi connectivity index (χ1n) is 10.8. The quantitative estimate of drug-likeness (QED) is 0.281. The van der Waals surface area contributed by atoms with Gasteiger partial charge in [0.15, 0.2) is 5.82 Å². The zero-order valence-corrected chi connectivity index (χ0v) is 19.9. The summed E-state index contributed by atoms with van der Waals surface area (Å²) in [5.74, 6) is 1.21. The van der Waals surface area contributed by atoms with E-state index in [9.17, 15) is 13.2 Å². The Morgan fingerprint density at radius 3 is 2.69 bits per heavy atom. The summed E-state index contributed by atoms with van der Waals surface area (Å²) >= 11 is 6.06. The van der Waals surface area contributed by atoms with Crippen molar-refractivity contribution in [1.29, 1.82) is 0 Å². The lowest BCUT2D eigenvalue weighted by Gasteiger charge is -2.15. The number of hydrogen-bond donors (Lipinski definition) is 1. The van der Waals surface area contributed by atoms with E-state index in [-0.39, 0.29) is 5.28 Å². The Morgan fingerprint density at radius 2 is 1.97 bits per heavy atom. The van der Waals surface area contributed by atoms with Crippen LogP contribution in [0, 0.1) is 6.92 Å². The standard InChI is InChI=1S/C22H20ClF3N6.C2H4O/c1-14-4-3-7-27-19(14)28-8-9-32-12-17-18(13-32)30-21(23)31-20(17)29-11-15-5-2-6-16(10-15)22(24,25)26;1-2-3/h2-7,10-11H,8-9,12-13H2,1H3,(H,27,28);2H,1H3. The van der Waals surface area contributed by atoms with Gasteiger partial charge in [0.1, 0.15) is 12.1 Å². The van der Waals surface area contributed by atoms with E-state index in [2.05, 4.69) is 30.2 Å². The summed E-state index contributed by atoms with van der Waals surface area (Å²) in [6.45, 7) is 6.03. The molecule has 1 aromatic carbocycles. The summed E-state index contributed by atoms with van der Waals surface area (Å²) in [6, 6.07) is 8.85. The summed E-state index contributed by atoms with van der Waals surface area (Å²) in [5, 5.41) is 3.38. The summed E-state index contributed by atoms with van der Waals surface area (Å²) in [5.41, 5.74) is 2.27. The Bertz CT molecular complexity index is 1200. The van der Waals surface area contributed by atoms with E-state index in [1.807, 2.05) is 19.1 Å². The number of hydrogen-bond acceptors (Lipinski definition) is 7. The second-order valence-electron chi connectivity index (χ2n) is 7.66. The number of carbonyl (C=O) groups is 1. The van der Waals surface area contributed by atoms with Crippen LogP contribution >= 0.6 is 11.6 Å². The lowest BCUT2D eigenvalue weighted by molar-refractivity contribution is -0.137. The molecule has 0 amide bonds. The van der Waals surface area contributed by atoms with E-state index in [1.165, 1.54) is 19.2 Å². The fourth-order valence-corrected chi connectivity index (χ4v) is 3.65. The van der Waals surface area contributed by atoms with Gasteiger partial charge >= 0.3 is 6.18 Å². The minimum absolute atomic E-state index is 0.0593. The van der Waals surface area contributed by atoms with E-state index in [1.54, 1.807) is 12.3 Å². The zero-order chi connectivity index (χ0) is 25.4. The predicted molar refractivity (Wildman–Crippen MR) is 129 cm³/mol. The largest absolute Gasteiger partial charge is 0.416 e. The third-order valence-electron chi connectivity index (χ3n) is 5.08. The van der Waals surface area contributed by atoms with Crippen LogP contribution in [-0.2, 0) is 24.1 Å². The van der Waals surface area contributed by atoms with Gasteiger partial charge in [0.05, 0.1) is 11.3 Å². The van der Waals surface area contributed by atoms with Gasteiger partial charge in [-0.05, 0) is 54.8 Å². The van der Waals surface area contributed by atoms with Crippen LogP contribution in [0.25, 0.3) is 0 Å². The van der Waals surface area contributed by atoms with E-state index in [4.69, 9.17) is 16.4 Å². The van der Waals surface area contributed by atoms with Gasteiger partial charge in [0.25, 0.3) is 0 Å². The Hall–Kier alpha value is -3.37. The van der Waals surface area contributed by atoms with Crippen LogP contribution in [-0.4, -0.2) is 45.4 Å². The first-order valence-corrected chi connectivity index (χ1v) is 11.1. The normalized spacial score (nSPS) is 13.3. The number of alkyl halides is 3. The van der Waals surface area contributed by atoms with Gasteiger partial charge in [-0.3, -0.25) is 4.90 Å². The SMILES string of the molecule is CC=O.Cc1cccnc1NCCN1Cc2nc(Cl)nc(N=Cc3cccc(C(F)(F)F)c3)c2C1. The molecule has 0 aliphatic carbocycles. The maximum absolute atomic E-state index is 12.9. The van der Waals surface area contributed by atoms with Gasteiger partial charge < -0.3 is 10.1 Å². The molecule has 0 saturated heterocycles. The van der Waals surface area contributed by atoms with Crippen LogP contribution in [0.15, 0.2) is 47.6 Å². The molecule has 11 heteroatoms. The first kappa shape index (κ1) is 26.2. The highest BCUT2D eigenvalue weighted by Gasteiger charge is 2.30. The molecule has 0 bridgehead atoms. The van der Waals surface area contributed by atoms with Crippen molar-refractivity contribution in [2.75, 3.05) is 18.4 Å². The van der Waals surface area contributed by atoms with Crippen LogP contribution in [0.5, 0.6) is 0 Å². The number of aldehydes is 1. The van der Waals surface area contributed by atoms with Crippen LogP contribution in [0.3, 0.4) is 0 Å². The molecule has 0 radical (unpaired) electrons. The van der Waals surface area contributed by atoms with Gasteiger partial charge in [0.2, 0.25) is 5.28 Å². The van der Waals surface area contributed by atoms with Gasteiger partial charge in [-0.25, -0.2) is 15.0 Å². The minimum Gasteiger partial charge on any atom is -0.369 e. The Balaban J connectivity index is 0.00000108. The van der Waals surface area contributed by atoms with Crippen molar-refractivity contribution in [3.8, 4) is 0 Å². The lowest BCUT2D eigenvalue weighted by atomic mass is 10.1. The number of pyridine rings is 1. The number of rotatable bonds is 6. The number of aromatic nitrogens is 3. The van der Waals surface area contributed by atoms with Crippen molar-refractivity contribution in [2.45, 2.75) is 33.1 Å². The topological polar surface area (TPSA) is 83.4 Å². The third-order valence-corrected chi connectivity index (χ3v) is 5.25. The number of aryl methyl sites for hydroxylation is 1. The highest BCUT2D eigenvalue weighted by molar-refractivity contribution is 6.28. The zero-order valence-electron chi connectivity index (χ0n) is 19.2. The van der Waals surface area contributed by atoms with Gasteiger partial charge in [-0.1, -0.05) is 18.2 Å².